The number of aryl methyl sites for hydroxylation is 1. The van der Waals surface area contributed by atoms with Gasteiger partial charge in [-0.15, -0.1) is 0 Å². The van der Waals surface area contributed by atoms with Crippen molar-refractivity contribution in [1.29, 1.82) is 0 Å². The van der Waals surface area contributed by atoms with Crippen LogP contribution in [0, 0.1) is 0 Å². The fraction of sp³-hybridized carbons (Fsp3) is 0.667. The van der Waals surface area contributed by atoms with E-state index >= 15 is 0 Å². The number of nitrogens with one attached hydrogen (secondary N) is 1. The molecule has 0 radical (unpaired) electrons. The minimum absolute atomic E-state index is 0.0775. The molecule has 0 aliphatic rings. The van der Waals surface area contributed by atoms with Gasteiger partial charge in [-0.05, 0) is 13.0 Å². The van der Waals surface area contributed by atoms with Crippen LogP contribution in [-0.4, -0.2) is 35.8 Å². The van der Waals surface area contributed by atoms with Crippen molar-refractivity contribution >= 4 is 5.78 Å². The number of hydrogen-bond donors (Lipinski definition) is 1. The molecule has 0 aliphatic heterocycles. The number of aromatic nitrogens is 2. The average Bonchev–Trinajstić information content (AvgIpc) is 2.73. The van der Waals surface area contributed by atoms with Crippen LogP contribution in [0.5, 0.6) is 5.75 Å². The lowest BCUT2D eigenvalue weighted by Crippen LogP contribution is -2.20. The Kier molecular flexibility index (Phi) is 5.69. The standard InChI is InChI=1S/C12H21N3O2/c1-4-8-15-12(11(17-3)9-14-15)10(16)6-7-13-5-2/h9,13H,4-8H2,1-3H3. The minimum atomic E-state index is 0.0775. The Hall–Kier alpha value is -1.36. The van der Waals surface area contributed by atoms with Crippen molar-refractivity contribution in [3.63, 3.8) is 0 Å². The molecule has 1 heterocycles. The molecule has 1 rings (SSSR count). The van der Waals surface area contributed by atoms with Gasteiger partial charge >= 0.3 is 0 Å². The molecule has 0 atom stereocenters. The Bertz CT molecular complexity index is 361. The molecule has 0 amide bonds. The topological polar surface area (TPSA) is 56.2 Å². The quantitative estimate of drug-likeness (QED) is 0.551. The lowest BCUT2D eigenvalue weighted by molar-refractivity contribution is 0.0969. The fourth-order valence-corrected chi connectivity index (χ4v) is 1.68. The van der Waals surface area contributed by atoms with Crippen LogP contribution in [0.3, 0.4) is 0 Å². The van der Waals surface area contributed by atoms with Crippen molar-refractivity contribution in [2.24, 2.45) is 0 Å². The highest BCUT2D eigenvalue weighted by atomic mass is 16.5. The first-order chi connectivity index (χ1) is 8.24. The predicted molar refractivity (Wildman–Crippen MR) is 66.6 cm³/mol. The van der Waals surface area contributed by atoms with E-state index in [1.165, 1.54) is 0 Å². The molecule has 0 aromatic carbocycles. The molecule has 5 heteroatoms. The van der Waals surface area contributed by atoms with Crippen molar-refractivity contribution in [3.05, 3.63) is 11.9 Å². The van der Waals surface area contributed by atoms with Gasteiger partial charge in [0.05, 0.1) is 13.3 Å². The molecule has 0 bridgehead atoms. The molecule has 17 heavy (non-hydrogen) atoms. The van der Waals surface area contributed by atoms with E-state index in [0.717, 1.165) is 19.5 Å². The third kappa shape index (κ3) is 3.56. The first-order valence-electron chi connectivity index (χ1n) is 6.08. The number of ether oxygens (including phenoxy) is 1. The van der Waals surface area contributed by atoms with Crippen LogP contribution in [0.15, 0.2) is 6.20 Å². The summed E-state index contributed by atoms with van der Waals surface area (Å²) in [5.41, 5.74) is 0.590. The molecule has 0 fully saturated rings. The van der Waals surface area contributed by atoms with E-state index in [4.69, 9.17) is 4.74 Å². The van der Waals surface area contributed by atoms with E-state index in [2.05, 4.69) is 17.3 Å². The van der Waals surface area contributed by atoms with Gasteiger partial charge in [0.1, 0.15) is 5.69 Å². The maximum Gasteiger partial charge on any atom is 0.185 e. The maximum absolute atomic E-state index is 12.1. The van der Waals surface area contributed by atoms with E-state index in [9.17, 15) is 4.79 Å². The summed E-state index contributed by atoms with van der Waals surface area (Å²) in [6, 6.07) is 0. The number of Topliss-reactive ketones (excluding diaryl/α,β-unsaturated/α-hetero) is 1. The summed E-state index contributed by atoms with van der Waals surface area (Å²) in [7, 11) is 1.56. The normalized spacial score (nSPS) is 10.5. The highest BCUT2D eigenvalue weighted by Crippen LogP contribution is 2.19. The third-order valence-corrected chi connectivity index (χ3v) is 2.50. The molecule has 0 saturated heterocycles. The average molecular weight is 239 g/mol. The number of methoxy groups -OCH3 is 1. The lowest BCUT2D eigenvalue weighted by atomic mass is 10.2. The van der Waals surface area contributed by atoms with Crippen LogP contribution in [-0.2, 0) is 6.54 Å². The Morgan fingerprint density at radius 2 is 2.29 bits per heavy atom. The van der Waals surface area contributed by atoms with Crippen molar-refractivity contribution in [3.8, 4) is 5.75 Å². The Balaban J connectivity index is 2.77. The number of carbonyl (C=O) groups is 1. The highest BCUT2D eigenvalue weighted by Gasteiger charge is 2.18. The third-order valence-electron chi connectivity index (χ3n) is 2.50. The fourth-order valence-electron chi connectivity index (χ4n) is 1.68. The number of ketones is 1. The Morgan fingerprint density at radius 1 is 1.53 bits per heavy atom. The molecule has 1 N–H and O–H groups in total. The van der Waals surface area contributed by atoms with Crippen LogP contribution in [0.1, 0.15) is 37.2 Å². The number of carbonyl (C=O) groups excluding carboxylic acids is 1. The van der Waals surface area contributed by atoms with Crippen molar-refractivity contribution < 1.29 is 9.53 Å². The summed E-state index contributed by atoms with van der Waals surface area (Å²) >= 11 is 0. The largest absolute Gasteiger partial charge is 0.493 e. The van der Waals surface area contributed by atoms with Crippen LogP contribution in [0.25, 0.3) is 0 Å². The summed E-state index contributed by atoms with van der Waals surface area (Å²) in [5.74, 6) is 0.647. The smallest absolute Gasteiger partial charge is 0.185 e. The van der Waals surface area contributed by atoms with Gasteiger partial charge in [0.15, 0.2) is 11.5 Å². The predicted octanol–water partition coefficient (Wildman–Crippen LogP) is 1.48. The van der Waals surface area contributed by atoms with Gasteiger partial charge in [0.2, 0.25) is 0 Å². The summed E-state index contributed by atoms with van der Waals surface area (Å²) in [6.45, 7) is 6.38. The second kappa shape index (κ2) is 7.06. The lowest BCUT2D eigenvalue weighted by Gasteiger charge is -2.07. The summed E-state index contributed by atoms with van der Waals surface area (Å²) in [4.78, 5) is 12.1. The monoisotopic (exact) mass is 239 g/mol. The van der Waals surface area contributed by atoms with Gasteiger partial charge in [0, 0.05) is 19.5 Å². The maximum atomic E-state index is 12.1. The SMILES string of the molecule is CCCn1ncc(OC)c1C(=O)CCNCC. The molecule has 0 aliphatic carbocycles. The van der Waals surface area contributed by atoms with Crippen LogP contribution >= 0.6 is 0 Å². The molecule has 5 nitrogen and oxygen atoms in total. The van der Waals surface area contributed by atoms with Gasteiger partial charge in [-0.3, -0.25) is 9.48 Å². The van der Waals surface area contributed by atoms with Crippen LogP contribution in [0.4, 0.5) is 0 Å². The van der Waals surface area contributed by atoms with Crippen molar-refractivity contribution in [1.82, 2.24) is 15.1 Å². The molecular weight excluding hydrogens is 218 g/mol. The van der Waals surface area contributed by atoms with E-state index in [0.29, 0.717) is 24.4 Å². The zero-order valence-corrected chi connectivity index (χ0v) is 10.8. The first kappa shape index (κ1) is 13.7. The minimum Gasteiger partial charge on any atom is -0.493 e. The second-order valence-corrected chi connectivity index (χ2v) is 3.81. The van der Waals surface area contributed by atoms with Gasteiger partial charge in [-0.2, -0.15) is 5.10 Å². The molecule has 0 saturated carbocycles. The number of rotatable bonds is 8. The molecule has 96 valence electrons. The van der Waals surface area contributed by atoms with E-state index < -0.39 is 0 Å². The molecule has 1 aromatic heterocycles. The highest BCUT2D eigenvalue weighted by molar-refractivity contribution is 5.97. The van der Waals surface area contributed by atoms with Gasteiger partial charge < -0.3 is 10.1 Å². The van der Waals surface area contributed by atoms with Gasteiger partial charge in [0.25, 0.3) is 0 Å². The van der Waals surface area contributed by atoms with Crippen LogP contribution < -0.4 is 10.1 Å². The summed E-state index contributed by atoms with van der Waals surface area (Å²) in [5, 5.41) is 7.32. The van der Waals surface area contributed by atoms with E-state index in [1.807, 2.05) is 6.92 Å². The van der Waals surface area contributed by atoms with E-state index in [-0.39, 0.29) is 5.78 Å². The molecule has 0 unspecified atom stereocenters. The number of hydrogen-bond acceptors (Lipinski definition) is 4. The van der Waals surface area contributed by atoms with Crippen LogP contribution in [0.2, 0.25) is 0 Å². The first-order valence-corrected chi connectivity index (χ1v) is 6.08. The van der Waals surface area contributed by atoms with Gasteiger partial charge in [-0.1, -0.05) is 13.8 Å². The number of nitrogens with zero attached hydrogens (tertiary/aromatic N) is 2. The Labute approximate surface area is 102 Å². The Morgan fingerprint density at radius 3 is 2.88 bits per heavy atom. The van der Waals surface area contributed by atoms with Gasteiger partial charge in [-0.25, -0.2) is 0 Å². The van der Waals surface area contributed by atoms with Crippen molar-refractivity contribution in [2.45, 2.75) is 33.2 Å². The zero-order chi connectivity index (χ0) is 12.7. The zero-order valence-electron chi connectivity index (χ0n) is 10.8. The van der Waals surface area contributed by atoms with E-state index in [1.54, 1.807) is 18.0 Å². The molecule has 0 spiro atoms. The summed E-state index contributed by atoms with van der Waals surface area (Å²) in [6.07, 6.45) is 3.02. The second-order valence-electron chi connectivity index (χ2n) is 3.81. The van der Waals surface area contributed by atoms with Crippen molar-refractivity contribution in [2.75, 3.05) is 20.2 Å². The molecular formula is C12H21N3O2. The molecule has 1 aromatic rings. The summed E-state index contributed by atoms with van der Waals surface area (Å²) < 4.78 is 6.90.